The molecule has 1 N–H and O–H groups in total. The molecule has 5 nitrogen and oxygen atoms in total. The van der Waals surface area contributed by atoms with E-state index in [9.17, 15) is 9.36 Å². The van der Waals surface area contributed by atoms with Crippen molar-refractivity contribution in [3.8, 4) is 0 Å². The molecule has 1 heterocycles. The number of thiocarbonyl (C=S) groups is 1. The van der Waals surface area contributed by atoms with Gasteiger partial charge < -0.3 is 14.4 Å². The molecule has 1 amide bonds. The molecule has 0 aromatic heterocycles. The van der Waals surface area contributed by atoms with Crippen LogP contribution in [0.1, 0.15) is 19.4 Å². The SMILES string of the molecule is CCOP(=O)(OCC)c1ccc(/C=C2\SC(=O)NC2=S)cc1. The maximum atomic E-state index is 12.6. The Labute approximate surface area is 139 Å². The van der Waals surface area contributed by atoms with Crippen LogP contribution in [0.15, 0.2) is 29.2 Å². The first-order valence-corrected chi connectivity index (χ1v) is 9.50. The standard InChI is InChI=1S/C14H16NO4PS2/c1-3-18-20(17,19-4-2)11-7-5-10(6-8-11)9-12-13(21)15-14(16)22-12/h5-9H,3-4H2,1-2H3,(H,15,16,21)/b12-9-. The van der Waals surface area contributed by atoms with Crippen LogP contribution in [0.3, 0.4) is 0 Å². The van der Waals surface area contributed by atoms with Crippen LogP contribution in [0, 0.1) is 0 Å². The van der Waals surface area contributed by atoms with E-state index in [1.54, 1.807) is 44.2 Å². The molecule has 22 heavy (non-hydrogen) atoms. The molecular formula is C14H16NO4PS2. The van der Waals surface area contributed by atoms with Gasteiger partial charge in [-0.2, -0.15) is 0 Å². The van der Waals surface area contributed by atoms with Gasteiger partial charge in [-0.15, -0.1) is 0 Å². The van der Waals surface area contributed by atoms with E-state index in [2.05, 4.69) is 5.32 Å². The number of hydrogen-bond donors (Lipinski definition) is 1. The van der Waals surface area contributed by atoms with E-state index >= 15 is 0 Å². The van der Waals surface area contributed by atoms with Gasteiger partial charge in [0.15, 0.2) is 0 Å². The zero-order valence-corrected chi connectivity index (χ0v) is 14.7. The van der Waals surface area contributed by atoms with Crippen molar-refractivity contribution < 1.29 is 18.4 Å². The summed E-state index contributed by atoms with van der Waals surface area (Å²) in [6, 6.07) is 6.99. The monoisotopic (exact) mass is 357 g/mol. The Morgan fingerprint density at radius 2 is 1.82 bits per heavy atom. The lowest BCUT2D eigenvalue weighted by molar-refractivity contribution is 0.230. The molecule has 1 saturated heterocycles. The number of carbonyl (C=O) groups excluding carboxylic acids is 1. The van der Waals surface area contributed by atoms with E-state index in [0.717, 1.165) is 17.3 Å². The Bertz CT molecular complexity index is 647. The van der Waals surface area contributed by atoms with Crippen molar-refractivity contribution in [2.24, 2.45) is 0 Å². The van der Waals surface area contributed by atoms with E-state index < -0.39 is 7.60 Å². The van der Waals surface area contributed by atoms with Crippen LogP contribution in [0.25, 0.3) is 6.08 Å². The Morgan fingerprint density at radius 1 is 1.23 bits per heavy atom. The predicted molar refractivity (Wildman–Crippen MR) is 93.6 cm³/mol. The van der Waals surface area contributed by atoms with E-state index in [0.29, 0.717) is 28.4 Å². The van der Waals surface area contributed by atoms with Crippen LogP contribution in [0.5, 0.6) is 0 Å². The summed E-state index contributed by atoms with van der Waals surface area (Å²) in [7, 11) is -3.27. The zero-order valence-electron chi connectivity index (χ0n) is 12.2. The number of carbonyl (C=O) groups is 1. The number of thioether (sulfide) groups is 1. The normalized spacial score (nSPS) is 17.1. The van der Waals surface area contributed by atoms with Crippen LogP contribution in [0.4, 0.5) is 4.79 Å². The van der Waals surface area contributed by atoms with Gasteiger partial charge in [0.25, 0.3) is 5.24 Å². The highest BCUT2D eigenvalue weighted by molar-refractivity contribution is 8.19. The number of amides is 1. The average Bonchev–Trinajstić information content (AvgIpc) is 2.78. The summed E-state index contributed by atoms with van der Waals surface area (Å²) in [6.07, 6.45) is 1.81. The van der Waals surface area contributed by atoms with Gasteiger partial charge in [-0.05, 0) is 49.4 Å². The first-order chi connectivity index (χ1) is 10.5. The van der Waals surface area contributed by atoms with E-state index in [-0.39, 0.29) is 5.24 Å². The number of hydrogen-bond acceptors (Lipinski definition) is 6. The average molecular weight is 357 g/mol. The molecule has 0 bridgehead atoms. The van der Waals surface area contributed by atoms with Gasteiger partial charge in [0.05, 0.1) is 23.4 Å². The Balaban J connectivity index is 2.23. The van der Waals surface area contributed by atoms with E-state index in [4.69, 9.17) is 21.3 Å². The summed E-state index contributed by atoms with van der Waals surface area (Å²) >= 11 is 6.13. The van der Waals surface area contributed by atoms with Gasteiger partial charge in [0, 0.05) is 0 Å². The molecule has 0 spiro atoms. The van der Waals surface area contributed by atoms with Crippen LogP contribution < -0.4 is 10.6 Å². The lowest BCUT2D eigenvalue weighted by Gasteiger charge is -2.17. The molecule has 1 aromatic carbocycles. The third-order valence-electron chi connectivity index (χ3n) is 2.75. The van der Waals surface area contributed by atoms with Crippen molar-refractivity contribution in [1.29, 1.82) is 0 Å². The highest BCUT2D eigenvalue weighted by atomic mass is 32.2. The lowest BCUT2D eigenvalue weighted by Crippen LogP contribution is -2.15. The number of benzene rings is 1. The molecule has 8 heteroatoms. The van der Waals surface area contributed by atoms with Gasteiger partial charge in [-0.25, -0.2) is 0 Å². The highest BCUT2D eigenvalue weighted by Crippen LogP contribution is 2.46. The molecule has 1 aromatic rings. The third kappa shape index (κ3) is 4.06. The summed E-state index contributed by atoms with van der Waals surface area (Å²) < 4.78 is 23.2. The maximum absolute atomic E-state index is 12.6. The molecule has 0 aliphatic carbocycles. The Kier molecular flexibility index (Phi) is 5.94. The van der Waals surface area contributed by atoms with Gasteiger partial charge in [-0.1, -0.05) is 24.4 Å². The van der Waals surface area contributed by atoms with E-state index in [1.807, 2.05) is 0 Å². The van der Waals surface area contributed by atoms with Gasteiger partial charge in [-0.3, -0.25) is 9.36 Å². The Morgan fingerprint density at radius 3 is 2.27 bits per heavy atom. The molecule has 0 unspecified atom stereocenters. The van der Waals surface area contributed by atoms with Crippen LogP contribution in [-0.4, -0.2) is 23.4 Å². The molecule has 0 radical (unpaired) electrons. The molecule has 1 aliphatic heterocycles. The fourth-order valence-electron chi connectivity index (χ4n) is 1.85. The second-order valence-corrected chi connectivity index (χ2v) is 7.73. The van der Waals surface area contributed by atoms with Crippen LogP contribution in [0.2, 0.25) is 0 Å². The topological polar surface area (TPSA) is 64.6 Å². The summed E-state index contributed by atoms with van der Waals surface area (Å²) in [4.78, 5) is 12.4. The van der Waals surface area contributed by atoms with E-state index in [1.165, 1.54) is 0 Å². The van der Waals surface area contributed by atoms with Crippen molar-refractivity contribution in [2.75, 3.05) is 13.2 Å². The van der Waals surface area contributed by atoms with Gasteiger partial charge in [0.1, 0.15) is 4.99 Å². The van der Waals surface area contributed by atoms with Crippen molar-refractivity contribution in [2.45, 2.75) is 13.8 Å². The number of nitrogens with one attached hydrogen (secondary N) is 1. The smallest absolute Gasteiger partial charge is 0.307 e. The highest BCUT2D eigenvalue weighted by Gasteiger charge is 2.26. The quantitative estimate of drug-likeness (QED) is 0.476. The Hall–Kier alpha value is -0.980. The molecular weight excluding hydrogens is 341 g/mol. The fraction of sp³-hybridized carbons (Fsp3) is 0.286. The van der Waals surface area contributed by atoms with Crippen molar-refractivity contribution in [3.63, 3.8) is 0 Å². The molecule has 1 fully saturated rings. The number of rotatable bonds is 6. The van der Waals surface area contributed by atoms with Gasteiger partial charge in [0.2, 0.25) is 0 Å². The maximum Gasteiger partial charge on any atom is 0.361 e. The van der Waals surface area contributed by atoms with Crippen LogP contribution >= 0.6 is 31.6 Å². The zero-order chi connectivity index (χ0) is 16.2. The largest absolute Gasteiger partial charge is 0.361 e. The minimum absolute atomic E-state index is 0.176. The molecule has 1 aliphatic rings. The summed E-state index contributed by atoms with van der Waals surface area (Å²) in [5.74, 6) is 0. The first-order valence-electron chi connectivity index (χ1n) is 6.73. The molecule has 0 atom stereocenters. The predicted octanol–water partition coefficient (Wildman–Crippen LogP) is 3.70. The second kappa shape index (κ2) is 7.53. The van der Waals surface area contributed by atoms with Gasteiger partial charge >= 0.3 is 7.60 Å². The minimum Gasteiger partial charge on any atom is -0.307 e. The molecule has 118 valence electrons. The minimum atomic E-state index is -3.27. The van der Waals surface area contributed by atoms with Crippen molar-refractivity contribution >= 4 is 53.2 Å². The second-order valence-electron chi connectivity index (χ2n) is 4.28. The first kappa shape index (κ1) is 17.4. The van der Waals surface area contributed by atoms with Crippen LogP contribution in [-0.2, 0) is 13.6 Å². The lowest BCUT2D eigenvalue weighted by atomic mass is 10.2. The summed E-state index contributed by atoms with van der Waals surface area (Å²) in [6.45, 7) is 4.16. The molecule has 0 saturated carbocycles. The van der Waals surface area contributed by atoms with Crippen molar-refractivity contribution in [3.05, 3.63) is 34.7 Å². The third-order valence-corrected chi connectivity index (χ3v) is 6.15. The molecule has 2 rings (SSSR count). The van der Waals surface area contributed by atoms with Crippen molar-refractivity contribution in [1.82, 2.24) is 5.32 Å². The summed E-state index contributed by atoms with van der Waals surface area (Å²) in [5, 5.41) is 2.89. The summed E-state index contributed by atoms with van der Waals surface area (Å²) in [5.41, 5.74) is 0.852. The fourth-order valence-corrected chi connectivity index (χ4v) is 4.45.